The summed E-state index contributed by atoms with van der Waals surface area (Å²) in [5, 5.41) is 1.01. The summed E-state index contributed by atoms with van der Waals surface area (Å²) < 4.78 is 15.0. The van der Waals surface area contributed by atoms with Crippen molar-refractivity contribution in [3.05, 3.63) is 45.1 Å². The highest BCUT2D eigenvalue weighted by Gasteiger charge is 2.34. The molecule has 0 unspecified atom stereocenters. The molecule has 4 heterocycles. The Kier molecular flexibility index (Phi) is 4.83. The zero-order chi connectivity index (χ0) is 20.1. The first-order valence-corrected chi connectivity index (χ1v) is 10.6. The predicted octanol–water partition coefficient (Wildman–Crippen LogP) is 3.47. The first kappa shape index (κ1) is 19.2. The molecule has 0 saturated carbocycles. The van der Waals surface area contributed by atoms with Crippen molar-refractivity contribution in [1.29, 1.82) is 0 Å². The summed E-state index contributed by atoms with van der Waals surface area (Å²) in [4.78, 5) is 15.5. The van der Waals surface area contributed by atoms with Crippen LogP contribution in [0.25, 0.3) is 10.2 Å². The van der Waals surface area contributed by atoms with Crippen molar-refractivity contribution in [1.82, 2.24) is 4.57 Å². The molecule has 28 heavy (non-hydrogen) atoms. The highest BCUT2D eigenvalue weighted by Crippen LogP contribution is 2.39. The molecule has 0 bridgehead atoms. The lowest BCUT2D eigenvalue weighted by Crippen LogP contribution is -2.55. The topological polar surface area (TPSA) is 74.3 Å². The number of hydrogen-bond acceptors (Lipinski definition) is 5. The second-order valence-corrected chi connectivity index (χ2v) is 9.66. The summed E-state index contributed by atoms with van der Waals surface area (Å²) in [6.07, 6.45) is 3.34. The molecule has 0 atom stereocenters. The minimum absolute atomic E-state index is 0.0826. The molecule has 4 rings (SSSR count). The molecule has 0 aromatic carbocycles. The van der Waals surface area contributed by atoms with Crippen LogP contribution in [0.2, 0.25) is 0 Å². The maximum Gasteiger partial charge on any atom is 0.501 e. The summed E-state index contributed by atoms with van der Waals surface area (Å²) in [7, 11) is 0. The lowest BCUT2D eigenvalue weighted by atomic mass is 9.94. The SMILES string of the molecule is CC(C)CC[n+]1c(=O)n(Cc2ccco2)c(N)c2c3c(sc21)COC(C)(C)C3. The number of nitrogen functional groups attached to an aromatic ring is 1. The molecule has 7 heteroatoms. The van der Waals surface area contributed by atoms with Gasteiger partial charge in [-0.25, -0.2) is 0 Å². The van der Waals surface area contributed by atoms with E-state index in [2.05, 4.69) is 27.7 Å². The number of fused-ring (bicyclic) bond motifs is 3. The van der Waals surface area contributed by atoms with Gasteiger partial charge < -0.3 is 14.9 Å². The second-order valence-electron chi connectivity index (χ2n) is 8.58. The normalized spacial score (nSPS) is 16.0. The minimum atomic E-state index is -0.238. The van der Waals surface area contributed by atoms with E-state index in [4.69, 9.17) is 14.9 Å². The molecular weight excluding hydrogens is 374 g/mol. The number of thiophene rings is 1. The number of nitrogens with zero attached hydrogens (tertiary/aromatic N) is 2. The summed E-state index contributed by atoms with van der Waals surface area (Å²) in [5.74, 6) is 1.75. The molecule has 3 aromatic rings. The van der Waals surface area contributed by atoms with E-state index >= 15 is 0 Å². The molecule has 0 spiro atoms. The highest BCUT2D eigenvalue weighted by atomic mass is 32.1. The van der Waals surface area contributed by atoms with E-state index in [9.17, 15) is 4.79 Å². The Morgan fingerprint density at radius 3 is 2.86 bits per heavy atom. The van der Waals surface area contributed by atoms with Crippen molar-refractivity contribution in [3.8, 4) is 0 Å². The van der Waals surface area contributed by atoms with Crippen molar-refractivity contribution >= 4 is 27.4 Å². The first-order valence-electron chi connectivity index (χ1n) is 9.79. The van der Waals surface area contributed by atoms with Crippen LogP contribution in [0.5, 0.6) is 0 Å². The van der Waals surface area contributed by atoms with Crippen molar-refractivity contribution in [2.75, 3.05) is 5.73 Å². The van der Waals surface area contributed by atoms with Gasteiger partial charge in [-0.3, -0.25) is 0 Å². The Hall–Kier alpha value is -2.12. The average molecular weight is 403 g/mol. The van der Waals surface area contributed by atoms with E-state index in [0.717, 1.165) is 28.8 Å². The lowest BCUT2D eigenvalue weighted by molar-refractivity contribution is -0.689. The summed E-state index contributed by atoms with van der Waals surface area (Å²) in [6.45, 7) is 10.1. The van der Waals surface area contributed by atoms with Crippen molar-refractivity contribution in [3.63, 3.8) is 0 Å². The van der Waals surface area contributed by atoms with E-state index in [1.807, 2.05) is 16.7 Å². The van der Waals surface area contributed by atoms with Gasteiger partial charge in [-0.1, -0.05) is 25.2 Å². The maximum atomic E-state index is 13.4. The number of furan rings is 1. The smallest absolute Gasteiger partial charge is 0.465 e. The Bertz CT molecular complexity index is 1060. The fourth-order valence-electron chi connectivity index (χ4n) is 3.76. The van der Waals surface area contributed by atoms with Crippen LogP contribution in [-0.2, 0) is 30.9 Å². The number of ether oxygens (including phenoxy) is 1. The Balaban J connectivity index is 1.94. The third-order valence-corrected chi connectivity index (χ3v) is 6.58. The Morgan fingerprint density at radius 1 is 1.39 bits per heavy atom. The van der Waals surface area contributed by atoms with E-state index in [-0.39, 0.29) is 11.3 Å². The number of hydrogen-bond donors (Lipinski definition) is 1. The van der Waals surface area contributed by atoms with Crippen LogP contribution in [-0.4, -0.2) is 10.2 Å². The average Bonchev–Trinajstić information content (AvgIpc) is 3.25. The van der Waals surface area contributed by atoms with Crippen molar-refractivity contribution < 1.29 is 13.7 Å². The number of rotatable bonds is 5. The predicted molar refractivity (Wildman–Crippen MR) is 111 cm³/mol. The number of aromatic nitrogens is 2. The lowest BCUT2D eigenvalue weighted by Gasteiger charge is -2.29. The molecule has 0 saturated heterocycles. The van der Waals surface area contributed by atoms with Gasteiger partial charge in [-0.2, -0.15) is 13.9 Å². The van der Waals surface area contributed by atoms with Crippen LogP contribution >= 0.6 is 11.3 Å². The fraction of sp³-hybridized carbons (Fsp3) is 0.524. The second kappa shape index (κ2) is 7.04. The van der Waals surface area contributed by atoms with Gasteiger partial charge in [-0.15, -0.1) is 0 Å². The van der Waals surface area contributed by atoms with Gasteiger partial charge in [0.05, 0.1) is 25.0 Å². The summed E-state index contributed by atoms with van der Waals surface area (Å²) >= 11 is 1.64. The van der Waals surface area contributed by atoms with E-state index < -0.39 is 0 Å². The Morgan fingerprint density at radius 2 is 2.18 bits per heavy atom. The number of anilines is 1. The van der Waals surface area contributed by atoms with Crippen LogP contribution < -0.4 is 16.0 Å². The monoisotopic (exact) mass is 402 g/mol. The van der Waals surface area contributed by atoms with Crippen LogP contribution in [0.4, 0.5) is 5.82 Å². The van der Waals surface area contributed by atoms with Gasteiger partial charge in [0.25, 0.3) is 0 Å². The minimum Gasteiger partial charge on any atom is -0.465 e. The molecule has 2 N–H and O–H groups in total. The van der Waals surface area contributed by atoms with E-state index in [0.29, 0.717) is 31.4 Å². The number of aryl methyl sites for hydroxylation is 1. The summed E-state index contributed by atoms with van der Waals surface area (Å²) in [5.41, 5.74) is 7.49. The van der Waals surface area contributed by atoms with Crippen LogP contribution in [0.15, 0.2) is 27.6 Å². The van der Waals surface area contributed by atoms with Crippen molar-refractivity contribution in [2.45, 2.75) is 65.8 Å². The molecule has 0 fully saturated rings. The zero-order valence-electron chi connectivity index (χ0n) is 16.9. The quantitative estimate of drug-likeness (QED) is 0.663. The summed E-state index contributed by atoms with van der Waals surface area (Å²) in [6, 6.07) is 3.70. The molecule has 1 aliphatic rings. The first-order chi connectivity index (χ1) is 13.3. The molecule has 6 nitrogen and oxygen atoms in total. The van der Waals surface area contributed by atoms with E-state index in [1.165, 1.54) is 10.4 Å². The molecule has 0 aliphatic carbocycles. The third-order valence-electron chi connectivity index (χ3n) is 5.35. The van der Waals surface area contributed by atoms with Gasteiger partial charge in [0, 0.05) is 11.3 Å². The largest absolute Gasteiger partial charge is 0.501 e. The van der Waals surface area contributed by atoms with Gasteiger partial charge in [0.15, 0.2) is 11.4 Å². The molecule has 150 valence electrons. The van der Waals surface area contributed by atoms with Gasteiger partial charge in [-0.05, 0) is 43.9 Å². The van der Waals surface area contributed by atoms with Crippen LogP contribution in [0, 0.1) is 5.92 Å². The van der Waals surface area contributed by atoms with E-state index in [1.54, 1.807) is 22.2 Å². The van der Waals surface area contributed by atoms with Crippen LogP contribution in [0.1, 0.15) is 50.3 Å². The zero-order valence-corrected chi connectivity index (χ0v) is 17.8. The van der Waals surface area contributed by atoms with Gasteiger partial charge >= 0.3 is 5.69 Å². The molecular formula is C21H28N3O3S+. The fourth-order valence-corrected chi connectivity index (χ4v) is 5.02. The third kappa shape index (κ3) is 3.37. The molecule has 3 aromatic heterocycles. The van der Waals surface area contributed by atoms with Crippen molar-refractivity contribution in [2.24, 2.45) is 5.92 Å². The molecule has 0 radical (unpaired) electrons. The highest BCUT2D eigenvalue weighted by molar-refractivity contribution is 7.18. The molecule has 0 amide bonds. The van der Waals surface area contributed by atoms with Crippen LogP contribution in [0.3, 0.4) is 0 Å². The van der Waals surface area contributed by atoms with Gasteiger partial charge in [0.2, 0.25) is 5.82 Å². The maximum absolute atomic E-state index is 13.4. The molecule has 1 aliphatic heterocycles. The Labute approximate surface area is 168 Å². The number of nitrogens with two attached hydrogens (primary N) is 1. The standard InChI is InChI=1S/C21H27N3O3S/c1-13(2)7-8-23-19-17(15-10-21(3,4)27-12-16(15)28-19)18(22)24(20(23)25)11-14-6-5-9-26-14/h5-6,9,13,22H,7-8,10-12H2,1-4H3/p+1. The van der Waals surface area contributed by atoms with Gasteiger partial charge in [0.1, 0.15) is 11.1 Å².